The van der Waals surface area contributed by atoms with Crippen molar-refractivity contribution >= 4 is 23.5 Å². The fraction of sp³-hybridized carbons (Fsp3) is 0.261. The third-order valence-corrected chi connectivity index (χ3v) is 4.16. The molecule has 0 aromatic heterocycles. The van der Waals surface area contributed by atoms with Crippen LogP contribution in [-0.2, 0) is 9.53 Å². The average molecular weight is 392 g/mol. The second-order valence-electron chi connectivity index (χ2n) is 6.52. The minimum absolute atomic E-state index is 0.172. The van der Waals surface area contributed by atoms with E-state index in [0.29, 0.717) is 23.5 Å². The molecule has 0 spiro atoms. The van der Waals surface area contributed by atoms with Crippen LogP contribution in [0.2, 0.25) is 0 Å². The third kappa shape index (κ3) is 5.94. The van der Waals surface area contributed by atoms with Crippen LogP contribution in [0.4, 0.5) is 5.69 Å². The predicted molar refractivity (Wildman–Crippen MR) is 112 cm³/mol. The summed E-state index contributed by atoms with van der Waals surface area (Å²) in [5.74, 6) is -0.534. The molecule has 0 aliphatic heterocycles. The molecular weight excluding hydrogens is 368 g/mol. The van der Waals surface area contributed by atoms with Crippen LogP contribution in [0.5, 0.6) is 5.75 Å². The standard InChI is InChI=1S/C23H24N2O4/c1-5-28-21-12-8-18(9-13-21)22(26)16(2)29-23(27)19(15-24)14-17-6-10-20(11-7-17)25(3)4/h6-14,16H,5H2,1-4H3/b19-14+/t16-/m0/s1. The van der Waals surface area contributed by atoms with Crippen molar-refractivity contribution in [1.29, 1.82) is 5.26 Å². The number of rotatable bonds is 8. The second-order valence-corrected chi connectivity index (χ2v) is 6.52. The number of carbonyl (C=O) groups is 2. The highest BCUT2D eigenvalue weighted by Gasteiger charge is 2.22. The van der Waals surface area contributed by atoms with Crippen molar-refractivity contribution in [3.63, 3.8) is 0 Å². The number of ether oxygens (including phenoxy) is 2. The molecule has 6 nitrogen and oxygen atoms in total. The molecule has 0 aliphatic carbocycles. The number of hydrogen-bond donors (Lipinski definition) is 0. The van der Waals surface area contributed by atoms with Crippen molar-refractivity contribution in [2.75, 3.05) is 25.6 Å². The fourth-order valence-corrected chi connectivity index (χ4v) is 2.57. The molecule has 0 aliphatic rings. The van der Waals surface area contributed by atoms with Gasteiger partial charge in [-0.1, -0.05) is 12.1 Å². The molecule has 2 aromatic rings. The van der Waals surface area contributed by atoms with Gasteiger partial charge < -0.3 is 14.4 Å². The maximum absolute atomic E-state index is 12.5. The average Bonchev–Trinajstić information content (AvgIpc) is 2.72. The molecule has 0 amide bonds. The van der Waals surface area contributed by atoms with Crippen LogP contribution in [0.1, 0.15) is 29.8 Å². The van der Waals surface area contributed by atoms with Gasteiger partial charge in [0, 0.05) is 25.3 Å². The van der Waals surface area contributed by atoms with E-state index in [1.54, 1.807) is 36.4 Å². The SMILES string of the molecule is CCOc1ccc(C(=O)[C@H](C)OC(=O)/C(C#N)=C/c2ccc(N(C)C)cc2)cc1. The summed E-state index contributed by atoms with van der Waals surface area (Å²) in [6.07, 6.45) is 0.420. The van der Waals surface area contributed by atoms with Gasteiger partial charge >= 0.3 is 5.97 Å². The van der Waals surface area contributed by atoms with Gasteiger partial charge in [0.2, 0.25) is 5.78 Å². The van der Waals surface area contributed by atoms with Crippen molar-refractivity contribution in [3.05, 3.63) is 65.2 Å². The lowest BCUT2D eigenvalue weighted by Gasteiger charge is -2.13. The van der Waals surface area contributed by atoms with E-state index in [4.69, 9.17) is 9.47 Å². The van der Waals surface area contributed by atoms with E-state index in [0.717, 1.165) is 5.69 Å². The number of carbonyl (C=O) groups excluding carboxylic acids is 2. The molecular formula is C23H24N2O4. The minimum Gasteiger partial charge on any atom is -0.494 e. The zero-order chi connectivity index (χ0) is 21.4. The van der Waals surface area contributed by atoms with Crippen LogP contribution in [0, 0.1) is 11.3 Å². The van der Waals surface area contributed by atoms with Crippen LogP contribution in [0.25, 0.3) is 6.08 Å². The molecule has 0 saturated carbocycles. The van der Waals surface area contributed by atoms with Gasteiger partial charge in [-0.2, -0.15) is 5.26 Å². The molecule has 0 N–H and O–H groups in total. The van der Waals surface area contributed by atoms with Crippen LogP contribution in [0.3, 0.4) is 0 Å². The first kappa shape index (κ1) is 21.7. The lowest BCUT2D eigenvalue weighted by molar-refractivity contribution is -0.141. The lowest BCUT2D eigenvalue weighted by atomic mass is 10.1. The number of nitrogens with zero attached hydrogens (tertiary/aromatic N) is 2. The number of hydrogen-bond acceptors (Lipinski definition) is 6. The first-order valence-electron chi connectivity index (χ1n) is 9.23. The summed E-state index contributed by atoms with van der Waals surface area (Å²) in [7, 11) is 3.84. The Kier molecular flexibility index (Phi) is 7.55. The summed E-state index contributed by atoms with van der Waals surface area (Å²) in [4.78, 5) is 26.8. The molecule has 6 heteroatoms. The lowest BCUT2D eigenvalue weighted by Crippen LogP contribution is -2.25. The summed E-state index contributed by atoms with van der Waals surface area (Å²) < 4.78 is 10.6. The molecule has 2 aromatic carbocycles. The first-order valence-corrected chi connectivity index (χ1v) is 9.23. The summed E-state index contributed by atoms with van der Waals surface area (Å²) >= 11 is 0. The van der Waals surface area contributed by atoms with Crippen molar-refractivity contribution in [3.8, 4) is 11.8 Å². The molecule has 0 saturated heterocycles. The summed E-state index contributed by atoms with van der Waals surface area (Å²) in [6.45, 7) is 3.89. The maximum atomic E-state index is 12.5. The Morgan fingerprint density at radius 3 is 2.24 bits per heavy atom. The number of ketones is 1. The number of benzene rings is 2. The van der Waals surface area contributed by atoms with Gasteiger partial charge in [-0.3, -0.25) is 4.79 Å². The Morgan fingerprint density at radius 2 is 1.72 bits per heavy atom. The number of esters is 1. The minimum atomic E-state index is -1.02. The normalized spacial score (nSPS) is 11.9. The van der Waals surface area contributed by atoms with Crippen LogP contribution in [0.15, 0.2) is 54.1 Å². The molecule has 1 atom stereocenters. The number of anilines is 1. The van der Waals surface area contributed by atoms with Crippen LogP contribution < -0.4 is 9.64 Å². The van der Waals surface area contributed by atoms with E-state index in [9.17, 15) is 14.9 Å². The predicted octanol–water partition coefficient (Wildman–Crippen LogP) is 3.87. The van der Waals surface area contributed by atoms with Gasteiger partial charge in [0.1, 0.15) is 17.4 Å². The highest BCUT2D eigenvalue weighted by Crippen LogP contribution is 2.17. The smallest absolute Gasteiger partial charge is 0.349 e. The van der Waals surface area contributed by atoms with E-state index >= 15 is 0 Å². The van der Waals surface area contributed by atoms with Gasteiger partial charge in [-0.05, 0) is 61.9 Å². The third-order valence-electron chi connectivity index (χ3n) is 4.16. The van der Waals surface area contributed by atoms with Gasteiger partial charge in [-0.25, -0.2) is 4.79 Å². The Labute approximate surface area is 171 Å². The highest BCUT2D eigenvalue weighted by atomic mass is 16.5. The quantitative estimate of drug-likeness (QED) is 0.294. The molecule has 0 bridgehead atoms. The Hall–Kier alpha value is -3.59. The monoisotopic (exact) mass is 392 g/mol. The van der Waals surface area contributed by atoms with E-state index < -0.39 is 12.1 Å². The van der Waals surface area contributed by atoms with Gasteiger partial charge in [0.05, 0.1) is 6.61 Å². The maximum Gasteiger partial charge on any atom is 0.349 e. The Balaban J connectivity index is 2.07. The van der Waals surface area contributed by atoms with Crippen molar-refractivity contribution < 1.29 is 19.1 Å². The summed E-state index contributed by atoms with van der Waals surface area (Å²) in [6, 6.07) is 15.8. The van der Waals surface area contributed by atoms with E-state index in [2.05, 4.69) is 0 Å². The Morgan fingerprint density at radius 1 is 1.10 bits per heavy atom. The number of nitriles is 1. The van der Waals surface area contributed by atoms with Gasteiger partial charge in [0.25, 0.3) is 0 Å². The zero-order valence-corrected chi connectivity index (χ0v) is 17.0. The largest absolute Gasteiger partial charge is 0.494 e. The Bertz CT molecular complexity index is 923. The van der Waals surface area contributed by atoms with E-state index in [1.807, 2.05) is 44.1 Å². The van der Waals surface area contributed by atoms with Crippen molar-refractivity contribution in [1.82, 2.24) is 0 Å². The second kappa shape index (κ2) is 10.1. The molecule has 150 valence electrons. The molecule has 0 heterocycles. The molecule has 0 radical (unpaired) electrons. The van der Waals surface area contributed by atoms with Gasteiger partial charge in [0.15, 0.2) is 6.10 Å². The number of Topliss-reactive ketones (excluding diaryl/α,β-unsaturated/α-hetero) is 1. The molecule has 2 rings (SSSR count). The van der Waals surface area contributed by atoms with E-state index in [1.165, 1.54) is 13.0 Å². The summed E-state index contributed by atoms with van der Waals surface area (Å²) in [5, 5.41) is 9.32. The molecule has 29 heavy (non-hydrogen) atoms. The first-order chi connectivity index (χ1) is 13.8. The fourth-order valence-electron chi connectivity index (χ4n) is 2.57. The highest BCUT2D eigenvalue weighted by molar-refractivity contribution is 6.03. The van der Waals surface area contributed by atoms with Crippen molar-refractivity contribution in [2.24, 2.45) is 0 Å². The van der Waals surface area contributed by atoms with E-state index in [-0.39, 0.29) is 11.4 Å². The zero-order valence-electron chi connectivity index (χ0n) is 17.0. The van der Waals surface area contributed by atoms with Crippen molar-refractivity contribution in [2.45, 2.75) is 20.0 Å². The van der Waals surface area contributed by atoms with Gasteiger partial charge in [-0.15, -0.1) is 0 Å². The topological polar surface area (TPSA) is 79.6 Å². The molecule has 0 unspecified atom stereocenters. The summed E-state index contributed by atoms with van der Waals surface area (Å²) in [5.41, 5.74) is 1.91. The molecule has 0 fully saturated rings. The van der Waals surface area contributed by atoms with Crippen LogP contribution >= 0.6 is 0 Å². The van der Waals surface area contributed by atoms with Crippen LogP contribution in [-0.4, -0.2) is 38.6 Å².